The molecule has 1 aliphatic heterocycles. The highest BCUT2D eigenvalue weighted by molar-refractivity contribution is 5.20. The Morgan fingerprint density at radius 1 is 0.864 bits per heavy atom. The lowest BCUT2D eigenvalue weighted by Crippen LogP contribution is -2.67. The molecule has 4 saturated carbocycles. The molecule has 5 aliphatic rings. The second-order valence-electron chi connectivity index (χ2n) is 17.3. The zero-order valence-corrected chi connectivity index (χ0v) is 28.5. The van der Waals surface area contributed by atoms with Crippen LogP contribution in [-0.4, -0.2) is 85.8 Å². The van der Waals surface area contributed by atoms with Crippen LogP contribution in [0.3, 0.4) is 0 Å². The van der Waals surface area contributed by atoms with Crippen molar-refractivity contribution in [2.75, 3.05) is 6.61 Å². The molecule has 0 aromatic rings. The van der Waals surface area contributed by atoms with E-state index in [4.69, 9.17) is 9.47 Å². The maximum Gasteiger partial charge on any atom is 0.187 e. The molecule has 6 N–H and O–H groups in total. The highest BCUT2D eigenvalue weighted by Crippen LogP contribution is 2.76. The van der Waals surface area contributed by atoms with Gasteiger partial charge in [-0.25, -0.2) is 0 Å². The van der Waals surface area contributed by atoms with Gasteiger partial charge in [0.1, 0.15) is 24.4 Å². The molecule has 4 aliphatic carbocycles. The molecule has 0 aromatic carbocycles. The van der Waals surface area contributed by atoms with Crippen LogP contribution in [0.15, 0.2) is 11.6 Å². The summed E-state index contributed by atoms with van der Waals surface area (Å²) in [6.45, 7) is 17.5. The molecule has 1 heterocycles. The maximum absolute atomic E-state index is 12.2. The van der Waals surface area contributed by atoms with Crippen LogP contribution in [0, 0.1) is 45.3 Å². The topological polar surface area (TPSA) is 140 Å². The third kappa shape index (κ3) is 5.17. The van der Waals surface area contributed by atoms with Gasteiger partial charge in [0.2, 0.25) is 0 Å². The molecule has 15 atom stereocenters. The largest absolute Gasteiger partial charge is 0.394 e. The molecule has 0 aromatic heterocycles. The van der Waals surface area contributed by atoms with Crippen molar-refractivity contribution in [1.29, 1.82) is 0 Å². The summed E-state index contributed by atoms with van der Waals surface area (Å²) in [7, 11) is 0. The SMILES string of the molecule is CC(C)=CCC[C@](C)(O[C@@H]1O[C@H](CO)[C@@H](O)[C@H](O)[C@H]1O)C1CC[C@]2(C)C1[C@H](O)CC1[C@@]3(C)CC[C@H](O)C(C)(C)[C@@H]3CC[C@]12C. The normalized spacial score (nSPS) is 51.5. The van der Waals surface area contributed by atoms with E-state index in [9.17, 15) is 30.6 Å². The summed E-state index contributed by atoms with van der Waals surface area (Å²) in [4.78, 5) is 0. The van der Waals surface area contributed by atoms with Gasteiger partial charge in [-0.2, -0.15) is 0 Å². The molecule has 44 heavy (non-hydrogen) atoms. The first kappa shape index (κ1) is 34.7. The minimum absolute atomic E-state index is 0.0131. The second-order valence-corrected chi connectivity index (χ2v) is 17.3. The Labute approximate surface area is 265 Å². The molecule has 8 heteroatoms. The molecule has 0 amide bonds. The van der Waals surface area contributed by atoms with Gasteiger partial charge in [-0.1, -0.05) is 46.3 Å². The van der Waals surface area contributed by atoms with Crippen LogP contribution in [0.4, 0.5) is 0 Å². The van der Waals surface area contributed by atoms with E-state index >= 15 is 0 Å². The minimum atomic E-state index is -1.50. The van der Waals surface area contributed by atoms with Crippen LogP contribution >= 0.6 is 0 Å². The first-order valence-electron chi connectivity index (χ1n) is 17.3. The number of hydrogen-bond donors (Lipinski definition) is 6. The lowest BCUT2D eigenvalue weighted by molar-refractivity contribution is -0.336. The Kier molecular flexibility index (Phi) is 9.35. The number of aliphatic hydroxyl groups is 6. The summed E-state index contributed by atoms with van der Waals surface area (Å²) in [6.07, 6.45) is 2.60. The lowest BCUT2D eigenvalue weighted by Gasteiger charge is -2.70. The molecule has 0 spiro atoms. The average molecular weight is 623 g/mol. The van der Waals surface area contributed by atoms with Crippen molar-refractivity contribution >= 4 is 0 Å². The quantitative estimate of drug-likeness (QED) is 0.231. The Bertz CT molecular complexity index is 1070. The van der Waals surface area contributed by atoms with E-state index in [2.05, 4.69) is 61.5 Å². The highest BCUT2D eigenvalue weighted by Gasteiger charge is 2.71. The van der Waals surface area contributed by atoms with E-state index in [-0.39, 0.29) is 39.6 Å². The van der Waals surface area contributed by atoms with Crippen LogP contribution in [0.1, 0.15) is 113 Å². The maximum atomic E-state index is 12.2. The Morgan fingerprint density at radius 3 is 2.16 bits per heavy atom. The predicted molar refractivity (Wildman–Crippen MR) is 168 cm³/mol. The van der Waals surface area contributed by atoms with Crippen molar-refractivity contribution in [2.45, 2.75) is 162 Å². The Hall–Kier alpha value is -0.580. The fourth-order valence-corrected chi connectivity index (χ4v) is 11.8. The predicted octanol–water partition coefficient (Wildman–Crippen LogP) is 4.32. The Morgan fingerprint density at radius 2 is 1.52 bits per heavy atom. The lowest BCUT2D eigenvalue weighted by atomic mass is 9.35. The molecule has 8 nitrogen and oxygen atoms in total. The van der Waals surface area contributed by atoms with Gasteiger partial charge >= 0.3 is 0 Å². The fourth-order valence-electron chi connectivity index (χ4n) is 11.8. The Balaban J connectivity index is 1.49. The zero-order chi connectivity index (χ0) is 32.6. The molecule has 254 valence electrons. The molecule has 5 rings (SSSR count). The third-order valence-electron chi connectivity index (χ3n) is 14.6. The van der Waals surface area contributed by atoms with Crippen molar-refractivity contribution < 1.29 is 40.1 Å². The molecule has 0 bridgehead atoms. The van der Waals surface area contributed by atoms with Gasteiger partial charge in [0.05, 0.1) is 24.4 Å². The standard InChI is InChI=1S/C36H62O8/c1-20(2)10-9-14-36(8,44-31-30(42)29(41)28(40)23(19-37)43-31)21-11-16-35(7)27(21)22(38)18-25-33(5)15-13-26(39)32(3,4)24(33)12-17-34(25,35)6/h10,21-31,37-42H,9,11-19H2,1-8H3/t21?,22-,23-,24+,25?,26+,27?,28-,29+,30-,31+,33+,34-,35-,36+/m1/s1. The van der Waals surface area contributed by atoms with Crippen molar-refractivity contribution in [1.82, 2.24) is 0 Å². The molecular weight excluding hydrogens is 560 g/mol. The van der Waals surface area contributed by atoms with E-state index in [0.29, 0.717) is 18.3 Å². The van der Waals surface area contributed by atoms with Gasteiger partial charge in [-0.3, -0.25) is 0 Å². The number of rotatable bonds is 7. The molecule has 5 fully saturated rings. The number of allylic oxidation sites excluding steroid dienone is 2. The van der Waals surface area contributed by atoms with Crippen LogP contribution in [-0.2, 0) is 9.47 Å². The van der Waals surface area contributed by atoms with Crippen molar-refractivity contribution in [3.05, 3.63) is 11.6 Å². The minimum Gasteiger partial charge on any atom is -0.394 e. The number of fused-ring (bicyclic) bond motifs is 5. The summed E-state index contributed by atoms with van der Waals surface area (Å²) in [5.41, 5.74) is 0.171. The van der Waals surface area contributed by atoms with Crippen molar-refractivity contribution in [3.8, 4) is 0 Å². The number of aliphatic hydroxyl groups excluding tert-OH is 6. The van der Waals surface area contributed by atoms with E-state index in [1.165, 1.54) is 5.57 Å². The van der Waals surface area contributed by atoms with Gasteiger partial charge in [-0.05, 0) is 124 Å². The average Bonchev–Trinajstić information content (AvgIpc) is 3.33. The zero-order valence-electron chi connectivity index (χ0n) is 28.5. The summed E-state index contributed by atoms with van der Waals surface area (Å²) < 4.78 is 12.6. The van der Waals surface area contributed by atoms with Crippen LogP contribution < -0.4 is 0 Å². The summed E-state index contributed by atoms with van der Waals surface area (Å²) in [5, 5.41) is 65.0. The van der Waals surface area contributed by atoms with E-state index < -0.39 is 49.0 Å². The highest BCUT2D eigenvalue weighted by atomic mass is 16.7. The molecule has 1 saturated heterocycles. The van der Waals surface area contributed by atoms with Crippen molar-refractivity contribution in [2.24, 2.45) is 45.3 Å². The molecule has 0 radical (unpaired) electrons. The fraction of sp³-hybridized carbons (Fsp3) is 0.944. The van der Waals surface area contributed by atoms with E-state index in [0.717, 1.165) is 51.4 Å². The van der Waals surface area contributed by atoms with Crippen molar-refractivity contribution in [3.63, 3.8) is 0 Å². The molecular formula is C36H62O8. The number of ether oxygens (including phenoxy) is 2. The summed E-state index contributed by atoms with van der Waals surface area (Å²) in [6, 6.07) is 0. The summed E-state index contributed by atoms with van der Waals surface area (Å²) in [5.74, 6) is 0.713. The van der Waals surface area contributed by atoms with Gasteiger partial charge in [0.15, 0.2) is 6.29 Å². The van der Waals surface area contributed by atoms with Crippen LogP contribution in [0.2, 0.25) is 0 Å². The van der Waals surface area contributed by atoms with E-state index in [1.807, 2.05) is 0 Å². The smallest absolute Gasteiger partial charge is 0.187 e. The van der Waals surface area contributed by atoms with Gasteiger partial charge in [0.25, 0.3) is 0 Å². The monoisotopic (exact) mass is 622 g/mol. The van der Waals surface area contributed by atoms with Gasteiger partial charge < -0.3 is 40.1 Å². The molecule has 3 unspecified atom stereocenters. The van der Waals surface area contributed by atoms with Crippen LogP contribution in [0.5, 0.6) is 0 Å². The first-order chi connectivity index (χ1) is 20.4. The summed E-state index contributed by atoms with van der Waals surface area (Å²) >= 11 is 0. The third-order valence-corrected chi connectivity index (χ3v) is 14.6. The van der Waals surface area contributed by atoms with Gasteiger partial charge in [-0.15, -0.1) is 0 Å². The number of hydrogen-bond acceptors (Lipinski definition) is 8. The van der Waals surface area contributed by atoms with E-state index in [1.54, 1.807) is 0 Å². The van der Waals surface area contributed by atoms with Crippen LogP contribution in [0.25, 0.3) is 0 Å². The first-order valence-corrected chi connectivity index (χ1v) is 17.3. The van der Waals surface area contributed by atoms with Gasteiger partial charge in [0, 0.05) is 0 Å². The second kappa shape index (κ2) is 11.8.